The minimum Gasteiger partial charge on any atom is -0.872 e. The summed E-state index contributed by atoms with van der Waals surface area (Å²) < 4.78 is 2.48. The van der Waals surface area contributed by atoms with Crippen LogP contribution in [0.5, 0.6) is 5.75 Å². The molecule has 0 aliphatic carbocycles. The maximum atomic E-state index is 15.4. The Labute approximate surface area is 430 Å². The quantitative estimate of drug-likeness (QED) is 0.153. The van der Waals surface area contributed by atoms with Crippen molar-refractivity contribution in [1.82, 2.24) is 0 Å². The Morgan fingerprint density at radius 1 is 0.254 bits per heavy atom. The second kappa shape index (κ2) is 18.4. The zero-order chi connectivity index (χ0) is 52.6. The molecule has 2 heteroatoms. The van der Waals surface area contributed by atoms with E-state index in [0.29, 0.717) is 11.1 Å². The summed E-state index contributed by atoms with van der Waals surface area (Å²) in [4.78, 5) is 0. The van der Waals surface area contributed by atoms with Gasteiger partial charge < -0.3 is 5.11 Å². The number of hydrogen-bond donors (Lipinski definition) is 0. The van der Waals surface area contributed by atoms with E-state index in [-0.39, 0.29) is 43.7 Å². The molecule has 372 valence electrons. The maximum Gasteiger partial charge on any atom is 0.219 e. The van der Waals surface area contributed by atoms with Crippen molar-refractivity contribution >= 4 is 0 Å². The Bertz CT molecular complexity index is 2810. The SMILES string of the molecule is CC(C)(C)c1ccc(-c2cc(-c3cc(C(C)(C)C)cc(C(C)(C)C)c3)[n+](-c3cc(-c4ccc(C(C)(C)C)cc4)c([O-])c(-c4ccc(C(C)(C)C)cc4)c3)c(-c3cc(C(C)(C)C)cc(C(C)(C)C)c3)c2)cc1. The van der Waals surface area contributed by atoms with E-state index in [9.17, 15) is 0 Å². The Balaban J connectivity index is 1.73. The molecule has 0 N–H and O–H groups in total. The topological polar surface area (TPSA) is 26.9 Å². The first-order chi connectivity index (χ1) is 32.5. The normalized spacial score (nSPS) is 13.2. The van der Waals surface area contributed by atoms with Crippen LogP contribution >= 0.6 is 0 Å². The monoisotopic (exact) mass is 944 g/mol. The molecular formula is C69H85NO. The lowest BCUT2D eigenvalue weighted by molar-refractivity contribution is -0.572. The van der Waals surface area contributed by atoms with Gasteiger partial charge in [-0.3, -0.25) is 0 Å². The first-order valence-corrected chi connectivity index (χ1v) is 26.1. The Hall–Kier alpha value is -5.73. The molecule has 0 atom stereocenters. The van der Waals surface area contributed by atoms with Crippen LogP contribution in [0, 0.1) is 0 Å². The van der Waals surface area contributed by atoms with Crippen molar-refractivity contribution in [2.24, 2.45) is 0 Å². The predicted molar refractivity (Wildman–Crippen MR) is 306 cm³/mol. The van der Waals surface area contributed by atoms with Gasteiger partial charge in [0, 0.05) is 35.4 Å². The summed E-state index contributed by atoms with van der Waals surface area (Å²) in [6.07, 6.45) is 0. The van der Waals surface area contributed by atoms with E-state index in [0.717, 1.165) is 50.5 Å². The standard InChI is InChI=1S/C69H85NO/c1-63(2,3)50-28-22-44(23-29-50)47-38-60(48-34-53(66(10,11)12)40-54(35-48)67(13,14)15)70(61(39-47)49-36-55(68(16,17)18)41-56(37-49)69(19,20)21)57-42-58(45-24-30-51(31-25-45)64(4,5)6)62(71)59(43-57)46-26-32-52(33-27-46)65(7,8)9/h22-43H,1-21H3. The van der Waals surface area contributed by atoms with Gasteiger partial charge in [-0.05, 0) is 134 Å². The van der Waals surface area contributed by atoms with Crippen LogP contribution in [0.25, 0.3) is 61.6 Å². The number of pyridine rings is 1. The summed E-state index contributed by atoms with van der Waals surface area (Å²) in [6.45, 7) is 48.1. The minimum atomic E-state index is -0.115. The summed E-state index contributed by atoms with van der Waals surface area (Å²) in [5.41, 5.74) is 19.2. The van der Waals surface area contributed by atoms with E-state index in [2.05, 4.69) is 283 Å². The molecule has 0 aliphatic heterocycles. The molecular weight excluding hydrogens is 859 g/mol. The average molecular weight is 944 g/mol. The average Bonchev–Trinajstić information content (AvgIpc) is 3.26. The molecule has 0 saturated heterocycles. The smallest absolute Gasteiger partial charge is 0.219 e. The lowest BCUT2D eigenvalue weighted by Crippen LogP contribution is -2.37. The first-order valence-electron chi connectivity index (χ1n) is 26.1. The number of benzene rings is 6. The summed E-state index contributed by atoms with van der Waals surface area (Å²) in [7, 11) is 0. The van der Waals surface area contributed by atoms with Crippen LogP contribution in [0.1, 0.15) is 184 Å². The van der Waals surface area contributed by atoms with Crippen LogP contribution in [0.2, 0.25) is 0 Å². The largest absolute Gasteiger partial charge is 0.872 e. The zero-order valence-electron chi connectivity index (χ0n) is 47.6. The fourth-order valence-electron chi connectivity index (χ4n) is 9.38. The van der Waals surface area contributed by atoms with Gasteiger partial charge in [0.05, 0.1) is 0 Å². The van der Waals surface area contributed by atoms with Crippen molar-refractivity contribution in [3.8, 4) is 67.3 Å². The highest BCUT2D eigenvalue weighted by molar-refractivity contribution is 5.84. The molecule has 0 saturated carbocycles. The molecule has 0 amide bonds. The predicted octanol–water partition coefficient (Wildman–Crippen LogP) is 18.5. The highest BCUT2D eigenvalue weighted by Gasteiger charge is 2.32. The van der Waals surface area contributed by atoms with E-state index in [4.69, 9.17) is 0 Å². The minimum absolute atomic E-state index is 0.0192. The van der Waals surface area contributed by atoms with E-state index in [1.807, 2.05) is 0 Å². The molecule has 1 heterocycles. The first kappa shape index (κ1) is 53.1. The van der Waals surface area contributed by atoms with Crippen LogP contribution in [-0.2, 0) is 37.9 Å². The summed E-state index contributed by atoms with van der Waals surface area (Å²) in [5, 5.41) is 15.4. The van der Waals surface area contributed by atoms with Crippen LogP contribution in [0.3, 0.4) is 0 Å². The number of rotatable bonds is 6. The van der Waals surface area contributed by atoms with Crippen molar-refractivity contribution in [2.75, 3.05) is 0 Å². The molecule has 71 heavy (non-hydrogen) atoms. The van der Waals surface area contributed by atoms with Crippen molar-refractivity contribution in [3.05, 3.63) is 172 Å². The lowest BCUT2D eigenvalue weighted by atomic mass is 9.78. The van der Waals surface area contributed by atoms with Crippen molar-refractivity contribution < 1.29 is 9.67 Å². The third kappa shape index (κ3) is 11.6. The molecule has 0 spiro atoms. The number of aromatic nitrogens is 1. The van der Waals surface area contributed by atoms with Crippen LogP contribution < -0.4 is 9.67 Å². The van der Waals surface area contributed by atoms with Gasteiger partial charge in [-0.15, -0.1) is 0 Å². The summed E-state index contributed by atoms with van der Waals surface area (Å²) >= 11 is 0. The van der Waals surface area contributed by atoms with E-state index in [1.54, 1.807) is 0 Å². The van der Waals surface area contributed by atoms with Crippen molar-refractivity contribution in [2.45, 2.75) is 183 Å². The maximum absolute atomic E-state index is 15.4. The molecule has 0 unspecified atom stereocenters. The molecule has 1 aromatic heterocycles. The van der Waals surface area contributed by atoms with Crippen molar-refractivity contribution in [3.63, 3.8) is 0 Å². The van der Waals surface area contributed by atoms with Crippen LogP contribution in [-0.4, -0.2) is 0 Å². The van der Waals surface area contributed by atoms with Gasteiger partial charge in [0.25, 0.3) is 0 Å². The highest BCUT2D eigenvalue weighted by Crippen LogP contribution is 2.43. The fraction of sp³-hybridized carbons (Fsp3) is 0.406. The third-order valence-corrected chi connectivity index (χ3v) is 14.5. The summed E-state index contributed by atoms with van der Waals surface area (Å²) in [5.74, 6) is 0.0227. The van der Waals surface area contributed by atoms with Gasteiger partial charge in [0.15, 0.2) is 0 Å². The number of hydrogen-bond acceptors (Lipinski definition) is 1. The second-order valence-corrected chi connectivity index (χ2v) is 27.8. The second-order valence-electron chi connectivity index (χ2n) is 27.8. The van der Waals surface area contributed by atoms with Gasteiger partial charge in [0.2, 0.25) is 17.1 Å². The van der Waals surface area contributed by atoms with E-state index >= 15 is 5.11 Å². The number of nitrogens with zero attached hydrogens (tertiary/aromatic N) is 1. The van der Waals surface area contributed by atoms with Gasteiger partial charge in [-0.2, -0.15) is 4.57 Å². The highest BCUT2D eigenvalue weighted by atomic mass is 16.3. The van der Waals surface area contributed by atoms with Gasteiger partial charge in [0.1, 0.15) is 0 Å². The molecule has 7 rings (SSSR count). The fourth-order valence-corrected chi connectivity index (χ4v) is 9.38. The molecule has 2 nitrogen and oxygen atoms in total. The van der Waals surface area contributed by atoms with Gasteiger partial charge >= 0.3 is 0 Å². The Morgan fingerprint density at radius 3 is 0.761 bits per heavy atom. The van der Waals surface area contributed by atoms with E-state index < -0.39 is 0 Å². The van der Waals surface area contributed by atoms with Gasteiger partial charge in [-0.25, -0.2) is 0 Å². The van der Waals surface area contributed by atoms with Gasteiger partial charge in [-0.1, -0.05) is 236 Å². The lowest BCUT2D eigenvalue weighted by Gasteiger charge is -2.27. The molecule has 7 aromatic rings. The molecule has 0 radical (unpaired) electrons. The van der Waals surface area contributed by atoms with Crippen LogP contribution in [0.4, 0.5) is 0 Å². The Kier molecular flexibility index (Phi) is 13.8. The molecule has 6 aromatic carbocycles. The molecule has 0 bridgehead atoms. The zero-order valence-corrected chi connectivity index (χ0v) is 47.6. The van der Waals surface area contributed by atoms with Crippen LogP contribution in [0.15, 0.2) is 133 Å². The molecule has 0 aliphatic rings. The van der Waals surface area contributed by atoms with Crippen molar-refractivity contribution in [1.29, 1.82) is 0 Å². The Morgan fingerprint density at radius 2 is 0.507 bits per heavy atom. The molecule has 0 fully saturated rings. The summed E-state index contributed by atoms with van der Waals surface area (Å²) in [6, 6.07) is 50.2. The third-order valence-electron chi connectivity index (χ3n) is 14.5. The van der Waals surface area contributed by atoms with E-state index in [1.165, 1.54) is 38.9 Å².